The van der Waals surface area contributed by atoms with Crippen molar-refractivity contribution in [2.75, 3.05) is 39.4 Å². The number of nitrogens with two attached hydrogens (primary N) is 1. The topological polar surface area (TPSA) is 58.8 Å². The van der Waals surface area contributed by atoms with E-state index >= 15 is 0 Å². The third-order valence-corrected chi connectivity index (χ3v) is 5.41. The molecule has 0 aromatic heterocycles. The number of hydrogen-bond donors (Lipinski definition) is 1. The summed E-state index contributed by atoms with van der Waals surface area (Å²) in [5.41, 5.74) is 6.26. The van der Waals surface area contributed by atoms with E-state index in [9.17, 15) is 4.79 Å². The second-order valence-corrected chi connectivity index (χ2v) is 6.59. The SMILES string of the molecule is CC(C(=O)N1CCOCC1)N1CC2CCCC(N)C2C1. The molecule has 0 spiro atoms. The van der Waals surface area contributed by atoms with E-state index in [-0.39, 0.29) is 11.9 Å². The predicted octanol–water partition coefficient (Wildman–Crippen LogP) is 0.293. The smallest absolute Gasteiger partial charge is 0.239 e. The Bertz CT molecular complexity index is 357. The zero-order valence-electron chi connectivity index (χ0n) is 12.5. The molecule has 2 saturated heterocycles. The van der Waals surface area contributed by atoms with Crippen LogP contribution >= 0.6 is 0 Å². The molecule has 1 aliphatic carbocycles. The number of fused-ring (bicyclic) bond motifs is 1. The van der Waals surface area contributed by atoms with Crippen molar-refractivity contribution < 1.29 is 9.53 Å². The molecule has 5 heteroatoms. The summed E-state index contributed by atoms with van der Waals surface area (Å²) in [4.78, 5) is 16.9. The van der Waals surface area contributed by atoms with Crippen molar-refractivity contribution in [3.63, 3.8) is 0 Å². The van der Waals surface area contributed by atoms with Gasteiger partial charge >= 0.3 is 0 Å². The van der Waals surface area contributed by atoms with Crippen LogP contribution < -0.4 is 5.73 Å². The number of ether oxygens (including phenoxy) is 1. The molecule has 20 heavy (non-hydrogen) atoms. The molecule has 2 N–H and O–H groups in total. The van der Waals surface area contributed by atoms with Crippen molar-refractivity contribution in [3.05, 3.63) is 0 Å². The van der Waals surface area contributed by atoms with Crippen LogP contribution in [0.15, 0.2) is 0 Å². The molecule has 0 bridgehead atoms. The Morgan fingerprint density at radius 3 is 2.70 bits per heavy atom. The Morgan fingerprint density at radius 1 is 1.25 bits per heavy atom. The van der Waals surface area contributed by atoms with Crippen LogP contribution in [0.5, 0.6) is 0 Å². The molecular weight excluding hydrogens is 254 g/mol. The largest absolute Gasteiger partial charge is 0.378 e. The second-order valence-electron chi connectivity index (χ2n) is 6.59. The number of carbonyl (C=O) groups excluding carboxylic acids is 1. The highest BCUT2D eigenvalue weighted by molar-refractivity contribution is 5.81. The van der Waals surface area contributed by atoms with Gasteiger partial charge in [-0.1, -0.05) is 6.42 Å². The molecule has 4 atom stereocenters. The van der Waals surface area contributed by atoms with Crippen LogP contribution in [0.4, 0.5) is 0 Å². The first kappa shape index (κ1) is 14.3. The van der Waals surface area contributed by atoms with Crippen molar-refractivity contribution in [2.24, 2.45) is 17.6 Å². The third kappa shape index (κ3) is 2.71. The van der Waals surface area contributed by atoms with E-state index in [2.05, 4.69) is 11.8 Å². The standard InChI is InChI=1S/C15H27N3O2/c1-11(15(19)17-5-7-20-8-6-17)18-9-12-3-2-4-14(16)13(12)10-18/h11-14H,2-10,16H2,1H3. The fourth-order valence-electron chi connectivity index (χ4n) is 4.07. The molecule has 3 rings (SSSR count). The summed E-state index contributed by atoms with van der Waals surface area (Å²) in [5.74, 6) is 1.57. The second kappa shape index (κ2) is 6.00. The highest BCUT2D eigenvalue weighted by Gasteiger charge is 2.41. The molecule has 1 amide bonds. The van der Waals surface area contributed by atoms with Crippen LogP contribution in [-0.2, 0) is 9.53 Å². The summed E-state index contributed by atoms with van der Waals surface area (Å²) in [5, 5.41) is 0. The van der Waals surface area contributed by atoms with Crippen LogP contribution in [0.3, 0.4) is 0 Å². The molecule has 5 nitrogen and oxygen atoms in total. The van der Waals surface area contributed by atoms with E-state index < -0.39 is 0 Å². The maximum absolute atomic E-state index is 12.6. The van der Waals surface area contributed by atoms with Crippen LogP contribution in [-0.4, -0.2) is 67.2 Å². The summed E-state index contributed by atoms with van der Waals surface area (Å²) in [6, 6.07) is 0.329. The van der Waals surface area contributed by atoms with E-state index in [4.69, 9.17) is 10.5 Å². The minimum absolute atomic E-state index is 0.00843. The first-order valence-electron chi connectivity index (χ1n) is 8.03. The highest BCUT2D eigenvalue weighted by Crippen LogP contribution is 2.36. The summed E-state index contributed by atoms with van der Waals surface area (Å²) in [6.45, 7) is 6.94. The number of amides is 1. The summed E-state index contributed by atoms with van der Waals surface area (Å²) in [6.07, 6.45) is 3.69. The quantitative estimate of drug-likeness (QED) is 0.790. The molecular formula is C15H27N3O2. The van der Waals surface area contributed by atoms with Crippen molar-refractivity contribution in [1.82, 2.24) is 9.80 Å². The molecule has 2 heterocycles. The number of nitrogens with zero attached hydrogens (tertiary/aromatic N) is 2. The third-order valence-electron chi connectivity index (χ3n) is 5.41. The number of rotatable bonds is 2. The van der Waals surface area contributed by atoms with Gasteiger partial charge in [0.1, 0.15) is 0 Å². The molecule has 1 saturated carbocycles. The lowest BCUT2D eigenvalue weighted by atomic mass is 9.78. The molecule has 4 unspecified atom stereocenters. The monoisotopic (exact) mass is 281 g/mol. The van der Waals surface area contributed by atoms with Crippen molar-refractivity contribution in [2.45, 2.75) is 38.3 Å². The molecule has 0 aromatic rings. The van der Waals surface area contributed by atoms with Gasteiger partial charge in [0.05, 0.1) is 19.3 Å². The first-order valence-corrected chi connectivity index (χ1v) is 8.03. The highest BCUT2D eigenvalue weighted by atomic mass is 16.5. The van der Waals surface area contributed by atoms with Gasteiger partial charge in [-0.3, -0.25) is 9.69 Å². The van der Waals surface area contributed by atoms with Crippen molar-refractivity contribution in [1.29, 1.82) is 0 Å². The van der Waals surface area contributed by atoms with Gasteiger partial charge in [0.15, 0.2) is 0 Å². The lowest BCUT2D eigenvalue weighted by molar-refractivity contribution is -0.140. The zero-order chi connectivity index (χ0) is 14.1. The van der Waals surface area contributed by atoms with Crippen LogP contribution in [0.1, 0.15) is 26.2 Å². The minimum atomic E-state index is -0.00843. The van der Waals surface area contributed by atoms with Gasteiger partial charge in [0, 0.05) is 32.2 Å². The lowest BCUT2D eigenvalue weighted by Gasteiger charge is -2.32. The maximum atomic E-state index is 12.6. The van der Waals surface area contributed by atoms with E-state index in [1.807, 2.05) is 4.90 Å². The van der Waals surface area contributed by atoms with Gasteiger partial charge in [-0.2, -0.15) is 0 Å². The van der Waals surface area contributed by atoms with Crippen molar-refractivity contribution >= 4 is 5.91 Å². The Labute approximate surface area is 121 Å². The van der Waals surface area contributed by atoms with Gasteiger partial charge in [-0.25, -0.2) is 0 Å². The Kier molecular flexibility index (Phi) is 4.29. The van der Waals surface area contributed by atoms with Crippen LogP contribution in [0, 0.1) is 11.8 Å². The molecule has 0 radical (unpaired) electrons. The van der Waals surface area contributed by atoms with Gasteiger partial charge in [-0.15, -0.1) is 0 Å². The fourth-order valence-corrected chi connectivity index (χ4v) is 4.07. The van der Waals surface area contributed by atoms with E-state index in [0.717, 1.165) is 32.6 Å². The molecule has 114 valence electrons. The lowest BCUT2D eigenvalue weighted by Crippen LogP contribution is -2.50. The normalized spacial score (nSPS) is 36.7. The number of morpholine rings is 1. The Balaban J connectivity index is 1.60. The van der Waals surface area contributed by atoms with Gasteiger partial charge in [0.2, 0.25) is 5.91 Å². The molecule has 0 aromatic carbocycles. The number of hydrogen-bond acceptors (Lipinski definition) is 4. The first-order chi connectivity index (χ1) is 9.66. The molecule has 3 aliphatic rings. The van der Waals surface area contributed by atoms with E-state index in [0.29, 0.717) is 31.1 Å². The van der Waals surface area contributed by atoms with Crippen molar-refractivity contribution in [3.8, 4) is 0 Å². The van der Waals surface area contributed by atoms with Gasteiger partial charge in [0.25, 0.3) is 0 Å². The van der Waals surface area contributed by atoms with Crippen LogP contribution in [0.2, 0.25) is 0 Å². The molecule has 3 fully saturated rings. The van der Waals surface area contributed by atoms with Gasteiger partial charge in [-0.05, 0) is 31.6 Å². The number of likely N-dealkylation sites (tertiary alicyclic amines) is 1. The number of carbonyl (C=O) groups is 1. The summed E-state index contributed by atoms with van der Waals surface area (Å²) >= 11 is 0. The summed E-state index contributed by atoms with van der Waals surface area (Å²) < 4.78 is 5.32. The fraction of sp³-hybridized carbons (Fsp3) is 0.933. The maximum Gasteiger partial charge on any atom is 0.239 e. The zero-order valence-corrected chi connectivity index (χ0v) is 12.5. The Morgan fingerprint density at radius 2 is 2.00 bits per heavy atom. The minimum Gasteiger partial charge on any atom is -0.378 e. The van der Waals surface area contributed by atoms with E-state index in [1.54, 1.807) is 0 Å². The predicted molar refractivity (Wildman–Crippen MR) is 77.2 cm³/mol. The summed E-state index contributed by atoms with van der Waals surface area (Å²) in [7, 11) is 0. The average Bonchev–Trinajstić information content (AvgIpc) is 2.92. The average molecular weight is 281 g/mol. The van der Waals surface area contributed by atoms with Gasteiger partial charge < -0.3 is 15.4 Å². The Hall–Kier alpha value is -0.650. The van der Waals surface area contributed by atoms with Crippen LogP contribution in [0.25, 0.3) is 0 Å². The van der Waals surface area contributed by atoms with E-state index in [1.165, 1.54) is 12.8 Å². The molecule has 2 aliphatic heterocycles.